The summed E-state index contributed by atoms with van der Waals surface area (Å²) in [6, 6.07) is 0. The van der Waals surface area contributed by atoms with Crippen molar-refractivity contribution in [1.29, 1.82) is 0 Å². The Balaban J connectivity index is -0.000000411. The number of aliphatic carboxylic acids is 2. The molecular formula is C18H22MgO8. The summed E-state index contributed by atoms with van der Waals surface area (Å²) in [5.74, 6) is -3.45. The molecule has 27 heavy (non-hydrogen) atoms. The molecule has 0 bridgehead atoms. The number of carbonyl (C=O) groups excluding carboxylic acids is 4. The molecule has 0 rings (SSSR count). The molecule has 0 aromatic rings. The fourth-order valence-corrected chi connectivity index (χ4v) is 1.15. The molecule has 8 nitrogen and oxygen atoms in total. The van der Waals surface area contributed by atoms with E-state index in [0.717, 1.165) is 12.2 Å². The minimum Gasteiger partial charge on any atom is -0.545 e. The van der Waals surface area contributed by atoms with Gasteiger partial charge in [-0.25, -0.2) is 9.59 Å². The summed E-state index contributed by atoms with van der Waals surface area (Å²) in [4.78, 5) is 41.4. The third-order valence-electron chi connectivity index (χ3n) is 2.60. The van der Waals surface area contributed by atoms with Gasteiger partial charge < -0.3 is 29.3 Å². The average molecular weight is 391 g/mol. The molecule has 0 aromatic heterocycles. The van der Waals surface area contributed by atoms with E-state index < -0.39 is 23.9 Å². The summed E-state index contributed by atoms with van der Waals surface area (Å²) < 4.78 is 9.21. The Kier molecular flexibility index (Phi) is 20.0. The number of rotatable bonds is 10. The summed E-state index contributed by atoms with van der Waals surface area (Å²) in [5.41, 5.74) is 0.268. The molecule has 144 valence electrons. The van der Waals surface area contributed by atoms with Crippen molar-refractivity contribution in [3.8, 4) is 0 Å². The molecule has 0 saturated carbocycles. The maximum Gasteiger partial charge on any atom is 2.00 e. The van der Waals surface area contributed by atoms with Crippen LogP contribution in [-0.2, 0) is 28.7 Å². The largest absolute Gasteiger partial charge is 2.00 e. The summed E-state index contributed by atoms with van der Waals surface area (Å²) in [5, 5.41) is 20.4. The van der Waals surface area contributed by atoms with Gasteiger partial charge in [-0.3, -0.25) is 0 Å². The third kappa shape index (κ3) is 19.8. The minimum atomic E-state index is -1.21. The number of hydrogen-bond acceptors (Lipinski definition) is 8. The average Bonchev–Trinajstić information content (AvgIpc) is 2.61. The van der Waals surface area contributed by atoms with Gasteiger partial charge in [-0.2, -0.15) is 0 Å². The smallest absolute Gasteiger partial charge is 0.545 e. The van der Waals surface area contributed by atoms with E-state index in [-0.39, 0.29) is 47.4 Å². The van der Waals surface area contributed by atoms with Crippen molar-refractivity contribution >= 4 is 46.9 Å². The van der Waals surface area contributed by atoms with Gasteiger partial charge in [0.25, 0.3) is 0 Å². The first kappa shape index (κ1) is 29.4. The molecule has 0 N–H and O–H groups in total. The summed E-state index contributed by atoms with van der Waals surface area (Å²) in [7, 11) is 0. The zero-order chi connectivity index (χ0) is 20.5. The normalized spacial score (nSPS) is 10.3. The topological polar surface area (TPSA) is 133 Å². The second-order valence-electron chi connectivity index (χ2n) is 4.67. The van der Waals surface area contributed by atoms with Gasteiger partial charge in [0.1, 0.15) is 0 Å². The van der Waals surface area contributed by atoms with Crippen molar-refractivity contribution < 1.29 is 38.9 Å². The Morgan fingerprint density at radius 2 is 1.07 bits per heavy atom. The zero-order valence-corrected chi connectivity index (χ0v) is 16.9. The van der Waals surface area contributed by atoms with Crippen molar-refractivity contribution in [3.63, 3.8) is 0 Å². The Morgan fingerprint density at radius 3 is 1.30 bits per heavy atom. The zero-order valence-electron chi connectivity index (χ0n) is 15.5. The predicted octanol–water partition coefficient (Wildman–Crippen LogP) is -0.777. The van der Waals surface area contributed by atoms with Gasteiger partial charge in [-0.05, 0) is 25.0 Å². The van der Waals surface area contributed by atoms with E-state index in [1.54, 1.807) is 0 Å². The molecular weight excluding hydrogens is 368 g/mol. The first-order valence-corrected chi connectivity index (χ1v) is 7.50. The van der Waals surface area contributed by atoms with E-state index in [1.165, 1.54) is 26.0 Å². The van der Waals surface area contributed by atoms with E-state index in [2.05, 4.69) is 22.6 Å². The first-order valence-electron chi connectivity index (χ1n) is 7.50. The molecule has 0 atom stereocenters. The van der Waals surface area contributed by atoms with E-state index in [0.29, 0.717) is 12.8 Å². The van der Waals surface area contributed by atoms with Crippen LogP contribution in [-0.4, -0.2) is 60.1 Å². The molecule has 0 saturated heterocycles. The predicted molar refractivity (Wildman–Crippen MR) is 94.8 cm³/mol. The van der Waals surface area contributed by atoms with Crippen molar-refractivity contribution in [2.45, 2.75) is 26.7 Å². The molecule has 0 aliphatic carbocycles. The molecule has 9 heteroatoms. The fourth-order valence-electron chi connectivity index (χ4n) is 1.15. The second-order valence-corrected chi connectivity index (χ2v) is 4.67. The van der Waals surface area contributed by atoms with Crippen LogP contribution in [0.1, 0.15) is 26.7 Å². The third-order valence-corrected chi connectivity index (χ3v) is 2.60. The molecule has 0 unspecified atom stereocenters. The Bertz CT molecular complexity index is 538. The van der Waals surface area contributed by atoms with Crippen molar-refractivity contribution in [2.75, 3.05) is 13.2 Å². The van der Waals surface area contributed by atoms with E-state index in [1.807, 2.05) is 0 Å². The Hall–Kier alpha value is -2.39. The van der Waals surface area contributed by atoms with Gasteiger partial charge in [-0.15, -0.1) is 0 Å². The molecule has 0 radical (unpaired) electrons. The van der Waals surface area contributed by atoms with Crippen LogP contribution in [0.4, 0.5) is 0 Å². The maximum atomic E-state index is 10.5. The quantitative estimate of drug-likeness (QED) is 0.205. The van der Waals surface area contributed by atoms with Crippen LogP contribution in [0, 0.1) is 0 Å². The first-order chi connectivity index (χ1) is 12.1. The van der Waals surface area contributed by atoms with E-state index in [9.17, 15) is 29.4 Å². The van der Waals surface area contributed by atoms with Crippen molar-refractivity contribution in [3.05, 3.63) is 48.6 Å². The molecule has 0 amide bonds. The van der Waals surface area contributed by atoms with Gasteiger partial charge >= 0.3 is 35.0 Å². The van der Waals surface area contributed by atoms with Crippen LogP contribution in [0.5, 0.6) is 0 Å². The van der Waals surface area contributed by atoms with Gasteiger partial charge in [0.05, 0.1) is 25.2 Å². The fraction of sp³-hybridized carbons (Fsp3) is 0.333. The number of esters is 2. The van der Waals surface area contributed by atoms with Gasteiger partial charge in [0, 0.05) is 25.0 Å². The summed E-state index contributed by atoms with van der Waals surface area (Å²) in [6.07, 6.45) is 5.70. The SMILES string of the molecule is C=CC(=O)OCCC=C(C)C(=O)[O-].C=CC(=O)OCCC=C(C)C(=O)[O-].[Mg+2]. The molecule has 0 heterocycles. The molecule has 0 spiro atoms. The van der Waals surface area contributed by atoms with Gasteiger partial charge in [0.2, 0.25) is 0 Å². The summed E-state index contributed by atoms with van der Waals surface area (Å²) in [6.45, 7) is 9.56. The Labute approximate surface area is 174 Å². The number of carboxylic acids is 2. The van der Waals surface area contributed by atoms with Crippen LogP contribution >= 0.6 is 0 Å². The standard InChI is InChI=1S/2C9H12O4.Mg/c2*1-3-8(10)13-6-4-5-7(2)9(11)12;/h2*3,5H,1,4,6H2,2H3,(H,11,12);/q;;+2/p-2. The van der Waals surface area contributed by atoms with Crippen LogP contribution in [0.15, 0.2) is 48.6 Å². The maximum absolute atomic E-state index is 10.5. The van der Waals surface area contributed by atoms with Crippen molar-refractivity contribution in [2.24, 2.45) is 0 Å². The molecule has 0 aliphatic heterocycles. The van der Waals surface area contributed by atoms with Crippen LogP contribution in [0.2, 0.25) is 0 Å². The van der Waals surface area contributed by atoms with E-state index in [4.69, 9.17) is 0 Å². The van der Waals surface area contributed by atoms with E-state index >= 15 is 0 Å². The number of carbonyl (C=O) groups is 4. The van der Waals surface area contributed by atoms with Gasteiger partial charge in [0.15, 0.2) is 0 Å². The number of ether oxygens (including phenoxy) is 2. The van der Waals surface area contributed by atoms with Crippen LogP contribution < -0.4 is 10.2 Å². The molecule has 0 fully saturated rings. The number of hydrogen-bond donors (Lipinski definition) is 0. The van der Waals surface area contributed by atoms with Crippen LogP contribution in [0.25, 0.3) is 0 Å². The summed E-state index contributed by atoms with van der Waals surface area (Å²) >= 11 is 0. The van der Waals surface area contributed by atoms with Crippen molar-refractivity contribution in [1.82, 2.24) is 0 Å². The minimum absolute atomic E-state index is 0. The molecule has 0 aliphatic rings. The van der Waals surface area contributed by atoms with Crippen LogP contribution in [0.3, 0.4) is 0 Å². The monoisotopic (exact) mass is 390 g/mol. The number of carboxylic acid groups (broad SMARTS) is 2. The molecule has 0 aromatic carbocycles. The van der Waals surface area contributed by atoms with Gasteiger partial charge in [-0.1, -0.05) is 25.3 Å². The Morgan fingerprint density at radius 1 is 0.778 bits per heavy atom. The second kappa shape index (κ2) is 18.4.